The summed E-state index contributed by atoms with van der Waals surface area (Å²) in [5.74, 6) is 0.501. The van der Waals surface area contributed by atoms with Crippen LogP contribution in [0.4, 0.5) is 0 Å². The molecule has 2 heterocycles. The van der Waals surface area contributed by atoms with Gasteiger partial charge in [0.1, 0.15) is 16.9 Å². The van der Waals surface area contributed by atoms with Crippen molar-refractivity contribution < 1.29 is 8.83 Å². The first-order chi connectivity index (χ1) is 9.08. The van der Waals surface area contributed by atoms with Gasteiger partial charge in [-0.2, -0.15) is 0 Å². The third kappa shape index (κ3) is 1.92. The summed E-state index contributed by atoms with van der Waals surface area (Å²) >= 11 is 3.49. The third-order valence-corrected chi connectivity index (χ3v) is 4.05. The molecule has 0 atom stereocenters. The van der Waals surface area contributed by atoms with Gasteiger partial charge in [0.2, 0.25) is 0 Å². The van der Waals surface area contributed by atoms with Crippen molar-refractivity contribution in [3.8, 4) is 11.3 Å². The van der Waals surface area contributed by atoms with Gasteiger partial charge in [-0.05, 0) is 65.2 Å². The summed E-state index contributed by atoms with van der Waals surface area (Å²) in [5, 5.41) is 0.870. The van der Waals surface area contributed by atoms with Crippen LogP contribution >= 0.6 is 15.9 Å². The zero-order chi connectivity index (χ0) is 13.6. The van der Waals surface area contributed by atoms with Gasteiger partial charge in [-0.25, -0.2) is 4.79 Å². The van der Waals surface area contributed by atoms with Crippen molar-refractivity contribution in [3.05, 3.63) is 56.5 Å². The van der Waals surface area contributed by atoms with Gasteiger partial charge >= 0.3 is 5.63 Å². The van der Waals surface area contributed by atoms with Crippen LogP contribution in [0, 0.1) is 13.8 Å². The van der Waals surface area contributed by atoms with E-state index in [1.165, 1.54) is 6.26 Å². The molecule has 0 unspecified atom stereocenters. The van der Waals surface area contributed by atoms with Crippen LogP contribution in [0.15, 0.2) is 48.6 Å². The predicted octanol–water partition coefficient (Wildman–Crippen LogP) is 4.43. The van der Waals surface area contributed by atoms with E-state index in [-0.39, 0.29) is 0 Å². The zero-order valence-corrected chi connectivity index (χ0v) is 12.1. The van der Waals surface area contributed by atoms with E-state index in [0.29, 0.717) is 21.4 Å². The van der Waals surface area contributed by atoms with Gasteiger partial charge in [0.15, 0.2) is 0 Å². The minimum Gasteiger partial charge on any atom is -0.464 e. The molecule has 0 N–H and O–H groups in total. The quantitative estimate of drug-likeness (QED) is 0.623. The molecule has 0 saturated carbocycles. The Kier molecular flexibility index (Phi) is 2.82. The molecule has 4 heteroatoms. The molecule has 0 amide bonds. The Bertz CT molecular complexity index is 814. The number of rotatable bonds is 1. The molecule has 0 spiro atoms. The van der Waals surface area contributed by atoms with Gasteiger partial charge in [0.25, 0.3) is 0 Å². The minimum atomic E-state index is -0.405. The fraction of sp³-hybridized carbons (Fsp3) is 0.133. The van der Waals surface area contributed by atoms with E-state index in [4.69, 9.17) is 8.83 Å². The highest BCUT2D eigenvalue weighted by Crippen LogP contribution is 2.33. The monoisotopic (exact) mass is 318 g/mol. The Hall–Kier alpha value is -1.81. The van der Waals surface area contributed by atoms with Crippen molar-refractivity contribution in [1.82, 2.24) is 0 Å². The number of hydrogen-bond acceptors (Lipinski definition) is 3. The highest BCUT2D eigenvalue weighted by atomic mass is 79.9. The Morgan fingerprint density at radius 2 is 1.89 bits per heavy atom. The summed E-state index contributed by atoms with van der Waals surface area (Å²) in [7, 11) is 0. The molecule has 3 aromatic rings. The lowest BCUT2D eigenvalue weighted by Crippen LogP contribution is -2.04. The van der Waals surface area contributed by atoms with E-state index in [9.17, 15) is 4.79 Å². The van der Waals surface area contributed by atoms with E-state index in [1.54, 1.807) is 12.1 Å². The minimum absolute atomic E-state index is 0.405. The van der Waals surface area contributed by atoms with E-state index in [0.717, 1.165) is 16.5 Å². The maximum Gasteiger partial charge on any atom is 0.348 e. The van der Waals surface area contributed by atoms with Gasteiger partial charge < -0.3 is 8.83 Å². The summed E-state index contributed by atoms with van der Waals surface area (Å²) in [5.41, 5.74) is 2.83. The number of halogens is 1. The fourth-order valence-electron chi connectivity index (χ4n) is 2.05. The van der Waals surface area contributed by atoms with Crippen molar-refractivity contribution >= 4 is 26.9 Å². The molecule has 19 heavy (non-hydrogen) atoms. The average Bonchev–Trinajstić information content (AvgIpc) is 2.86. The molecule has 3 rings (SSSR count). The lowest BCUT2D eigenvalue weighted by molar-refractivity contribution is 0.546. The molecular formula is C15H11BrO3. The van der Waals surface area contributed by atoms with Crippen molar-refractivity contribution in [1.29, 1.82) is 0 Å². The molecule has 0 aliphatic carbocycles. The second-order valence-corrected chi connectivity index (χ2v) is 5.28. The van der Waals surface area contributed by atoms with Crippen LogP contribution in [-0.4, -0.2) is 0 Å². The normalized spacial score (nSPS) is 11.1. The highest BCUT2D eigenvalue weighted by molar-refractivity contribution is 9.10. The molecule has 0 aliphatic rings. The molecular weight excluding hydrogens is 308 g/mol. The number of aryl methyl sites for hydroxylation is 2. The van der Waals surface area contributed by atoms with Crippen molar-refractivity contribution in [2.75, 3.05) is 0 Å². The Balaban J connectivity index is 2.43. The standard InChI is InChI=1S/C15H11BrO3/c1-8-6-10-12(7-9(8)2)19-15(17)13(14(10)16)11-4-3-5-18-11/h3-7H,1-2H3. The smallest absolute Gasteiger partial charge is 0.348 e. The zero-order valence-electron chi connectivity index (χ0n) is 10.5. The Morgan fingerprint density at radius 1 is 1.16 bits per heavy atom. The van der Waals surface area contributed by atoms with Crippen LogP contribution in [-0.2, 0) is 0 Å². The summed E-state index contributed by atoms with van der Waals surface area (Å²) in [6.07, 6.45) is 1.53. The van der Waals surface area contributed by atoms with E-state index in [2.05, 4.69) is 15.9 Å². The maximum absolute atomic E-state index is 12.1. The number of benzene rings is 1. The Labute approximate surface area is 118 Å². The summed E-state index contributed by atoms with van der Waals surface area (Å²) in [6.45, 7) is 4.02. The van der Waals surface area contributed by atoms with Crippen molar-refractivity contribution in [3.63, 3.8) is 0 Å². The first-order valence-electron chi connectivity index (χ1n) is 5.85. The van der Waals surface area contributed by atoms with Crippen LogP contribution < -0.4 is 5.63 Å². The molecule has 0 radical (unpaired) electrons. The average molecular weight is 319 g/mol. The van der Waals surface area contributed by atoms with Gasteiger partial charge in [-0.1, -0.05) is 0 Å². The first kappa shape index (κ1) is 12.2. The fourth-order valence-corrected chi connectivity index (χ4v) is 2.72. The molecule has 0 aliphatic heterocycles. The predicted molar refractivity (Wildman–Crippen MR) is 77.4 cm³/mol. The molecule has 1 aromatic carbocycles. The second-order valence-electron chi connectivity index (χ2n) is 4.49. The van der Waals surface area contributed by atoms with Crippen LogP contribution in [0.3, 0.4) is 0 Å². The maximum atomic E-state index is 12.1. The lowest BCUT2D eigenvalue weighted by atomic mass is 10.1. The molecule has 0 fully saturated rings. The van der Waals surface area contributed by atoms with Crippen LogP contribution in [0.25, 0.3) is 22.3 Å². The van der Waals surface area contributed by atoms with Gasteiger partial charge in [0, 0.05) is 9.86 Å². The van der Waals surface area contributed by atoms with Crippen molar-refractivity contribution in [2.24, 2.45) is 0 Å². The van der Waals surface area contributed by atoms with E-state index < -0.39 is 5.63 Å². The molecule has 0 bridgehead atoms. The second kappa shape index (κ2) is 4.38. The van der Waals surface area contributed by atoms with Gasteiger partial charge in [0.05, 0.1) is 6.26 Å². The molecule has 3 nitrogen and oxygen atoms in total. The third-order valence-electron chi connectivity index (χ3n) is 3.23. The SMILES string of the molecule is Cc1cc2oc(=O)c(-c3ccco3)c(Br)c2cc1C. The number of furan rings is 1. The summed E-state index contributed by atoms with van der Waals surface area (Å²) in [4.78, 5) is 12.1. The Morgan fingerprint density at radius 3 is 2.58 bits per heavy atom. The van der Waals surface area contributed by atoms with Crippen LogP contribution in [0.1, 0.15) is 11.1 Å². The number of fused-ring (bicyclic) bond motifs is 1. The molecule has 96 valence electrons. The highest BCUT2D eigenvalue weighted by Gasteiger charge is 2.17. The molecule has 2 aromatic heterocycles. The lowest BCUT2D eigenvalue weighted by Gasteiger charge is -2.07. The van der Waals surface area contributed by atoms with Crippen molar-refractivity contribution in [2.45, 2.75) is 13.8 Å². The van der Waals surface area contributed by atoms with Gasteiger partial charge in [-0.3, -0.25) is 0 Å². The topological polar surface area (TPSA) is 43.4 Å². The van der Waals surface area contributed by atoms with E-state index in [1.807, 2.05) is 26.0 Å². The first-order valence-corrected chi connectivity index (χ1v) is 6.64. The van der Waals surface area contributed by atoms with E-state index >= 15 is 0 Å². The number of hydrogen-bond donors (Lipinski definition) is 0. The van der Waals surface area contributed by atoms with Gasteiger partial charge in [-0.15, -0.1) is 0 Å². The molecule has 0 saturated heterocycles. The largest absolute Gasteiger partial charge is 0.464 e. The summed E-state index contributed by atoms with van der Waals surface area (Å²) < 4.78 is 11.4. The van der Waals surface area contributed by atoms with Crippen LogP contribution in [0.5, 0.6) is 0 Å². The van der Waals surface area contributed by atoms with Crippen LogP contribution in [0.2, 0.25) is 0 Å². The summed E-state index contributed by atoms with van der Waals surface area (Å²) in [6, 6.07) is 7.36.